The highest BCUT2D eigenvalue weighted by Gasteiger charge is 2.46. The second-order valence-electron chi connectivity index (χ2n) is 8.35. The van der Waals surface area contributed by atoms with E-state index in [0.717, 1.165) is 30.4 Å². The quantitative estimate of drug-likeness (QED) is 0.798. The highest BCUT2D eigenvalue weighted by atomic mass is 16.2. The first-order valence-electron chi connectivity index (χ1n) is 10.7. The molecule has 2 heterocycles. The summed E-state index contributed by atoms with van der Waals surface area (Å²) < 4.78 is 0. The Morgan fingerprint density at radius 2 is 1.73 bits per heavy atom. The molecule has 2 atom stereocenters. The lowest BCUT2D eigenvalue weighted by molar-refractivity contribution is -0.129. The summed E-state index contributed by atoms with van der Waals surface area (Å²) in [5, 5.41) is 3.10. The maximum Gasteiger partial charge on any atom is 0.327 e. The molecule has 1 fully saturated rings. The first kappa shape index (κ1) is 18.9. The van der Waals surface area contributed by atoms with E-state index in [1.54, 1.807) is 4.90 Å². The predicted molar refractivity (Wildman–Crippen MR) is 111 cm³/mol. The van der Waals surface area contributed by atoms with Gasteiger partial charge in [0.2, 0.25) is 5.91 Å². The zero-order chi connectivity index (χ0) is 20.7. The molecule has 30 heavy (non-hydrogen) atoms. The SMILES string of the molecule is O=C(CCN1C(=O)[C@@H]2Cc3ccccc3CN2C1=O)N[C@H]1CCCc2ccccc21. The lowest BCUT2D eigenvalue weighted by Crippen LogP contribution is -2.40. The maximum absolute atomic E-state index is 12.9. The van der Waals surface area contributed by atoms with Crippen LogP contribution < -0.4 is 5.32 Å². The highest BCUT2D eigenvalue weighted by Crippen LogP contribution is 2.31. The van der Waals surface area contributed by atoms with Crippen LogP contribution in [0.2, 0.25) is 0 Å². The van der Waals surface area contributed by atoms with Crippen molar-refractivity contribution in [3.8, 4) is 0 Å². The van der Waals surface area contributed by atoms with Gasteiger partial charge in [0.05, 0.1) is 6.04 Å². The van der Waals surface area contributed by atoms with Crippen molar-refractivity contribution in [1.82, 2.24) is 15.1 Å². The third kappa shape index (κ3) is 3.26. The Labute approximate surface area is 175 Å². The first-order valence-corrected chi connectivity index (χ1v) is 10.7. The van der Waals surface area contributed by atoms with Crippen LogP contribution in [0.4, 0.5) is 4.79 Å². The van der Waals surface area contributed by atoms with Gasteiger partial charge in [0.15, 0.2) is 0 Å². The van der Waals surface area contributed by atoms with Gasteiger partial charge in [0.1, 0.15) is 6.04 Å². The van der Waals surface area contributed by atoms with E-state index in [0.29, 0.717) is 13.0 Å². The predicted octanol–water partition coefficient (Wildman–Crippen LogP) is 2.96. The van der Waals surface area contributed by atoms with E-state index >= 15 is 0 Å². The van der Waals surface area contributed by atoms with Crippen molar-refractivity contribution >= 4 is 17.8 Å². The molecule has 1 saturated heterocycles. The van der Waals surface area contributed by atoms with Gasteiger partial charge < -0.3 is 10.2 Å². The van der Waals surface area contributed by atoms with Gasteiger partial charge in [-0.2, -0.15) is 0 Å². The Bertz CT molecular complexity index is 975. The summed E-state index contributed by atoms with van der Waals surface area (Å²) in [6.45, 7) is 0.578. The molecule has 154 valence electrons. The van der Waals surface area contributed by atoms with Crippen molar-refractivity contribution in [3.05, 3.63) is 70.8 Å². The fourth-order valence-corrected chi connectivity index (χ4v) is 4.96. The number of carbonyl (C=O) groups is 3. The number of benzene rings is 2. The van der Waals surface area contributed by atoms with Gasteiger partial charge in [0, 0.05) is 25.9 Å². The fourth-order valence-electron chi connectivity index (χ4n) is 4.96. The van der Waals surface area contributed by atoms with E-state index in [2.05, 4.69) is 17.4 Å². The zero-order valence-electron chi connectivity index (χ0n) is 16.8. The minimum absolute atomic E-state index is 0.00765. The summed E-state index contributed by atoms with van der Waals surface area (Å²) in [6, 6.07) is 15.4. The molecular weight excluding hydrogens is 378 g/mol. The smallest absolute Gasteiger partial charge is 0.327 e. The van der Waals surface area contributed by atoms with E-state index in [1.165, 1.54) is 16.0 Å². The summed E-state index contributed by atoms with van der Waals surface area (Å²) in [4.78, 5) is 41.2. The van der Waals surface area contributed by atoms with Crippen LogP contribution in [0.15, 0.2) is 48.5 Å². The van der Waals surface area contributed by atoms with Crippen molar-refractivity contribution in [1.29, 1.82) is 0 Å². The molecule has 2 aliphatic heterocycles. The van der Waals surface area contributed by atoms with Crippen molar-refractivity contribution < 1.29 is 14.4 Å². The maximum atomic E-state index is 12.9. The number of hydrogen-bond acceptors (Lipinski definition) is 3. The highest BCUT2D eigenvalue weighted by molar-refractivity contribution is 6.04. The molecule has 6 heteroatoms. The Balaban J connectivity index is 1.22. The van der Waals surface area contributed by atoms with Crippen LogP contribution >= 0.6 is 0 Å². The van der Waals surface area contributed by atoms with E-state index in [-0.39, 0.29) is 36.9 Å². The van der Waals surface area contributed by atoms with Crippen LogP contribution in [-0.4, -0.2) is 40.2 Å². The molecular formula is C24H25N3O3. The standard InChI is InChI=1S/C24H25N3O3/c28-22(25-20-11-5-9-16-6-3-4-10-19(16)20)12-13-26-23(29)21-14-17-7-1-2-8-18(17)15-27(21)24(26)30/h1-4,6-8,10,20-21H,5,9,11-15H2,(H,25,28)/t20-,21-/m0/s1. The van der Waals surface area contributed by atoms with Crippen LogP contribution in [-0.2, 0) is 29.0 Å². The largest absolute Gasteiger partial charge is 0.349 e. The van der Waals surface area contributed by atoms with Crippen LogP contribution in [0.5, 0.6) is 0 Å². The molecule has 5 rings (SSSR count). The van der Waals surface area contributed by atoms with Crippen molar-refractivity contribution in [2.24, 2.45) is 0 Å². The van der Waals surface area contributed by atoms with Gasteiger partial charge in [-0.3, -0.25) is 14.5 Å². The van der Waals surface area contributed by atoms with Crippen molar-refractivity contribution in [2.75, 3.05) is 6.54 Å². The summed E-state index contributed by atoms with van der Waals surface area (Å²) in [5.41, 5.74) is 4.68. The second-order valence-corrected chi connectivity index (χ2v) is 8.35. The number of fused-ring (bicyclic) bond motifs is 3. The third-order valence-corrected chi connectivity index (χ3v) is 6.54. The number of imide groups is 1. The van der Waals surface area contributed by atoms with Crippen LogP contribution in [0.25, 0.3) is 0 Å². The molecule has 3 aliphatic rings. The van der Waals surface area contributed by atoms with E-state index in [1.807, 2.05) is 36.4 Å². The Morgan fingerprint density at radius 3 is 2.57 bits per heavy atom. The van der Waals surface area contributed by atoms with E-state index in [4.69, 9.17) is 0 Å². The molecule has 1 N–H and O–H groups in total. The van der Waals surface area contributed by atoms with Crippen molar-refractivity contribution in [3.63, 3.8) is 0 Å². The lowest BCUT2D eigenvalue weighted by Gasteiger charge is -2.28. The summed E-state index contributed by atoms with van der Waals surface area (Å²) in [5.74, 6) is -0.309. The fraction of sp³-hybridized carbons (Fsp3) is 0.375. The number of aryl methyl sites for hydroxylation is 1. The number of nitrogens with one attached hydrogen (secondary N) is 1. The summed E-state index contributed by atoms with van der Waals surface area (Å²) in [7, 11) is 0. The number of rotatable bonds is 4. The Hall–Kier alpha value is -3.15. The molecule has 0 unspecified atom stereocenters. The van der Waals surface area contributed by atoms with Crippen LogP contribution in [0, 0.1) is 0 Å². The lowest BCUT2D eigenvalue weighted by atomic mass is 9.87. The number of carbonyl (C=O) groups excluding carboxylic acids is 3. The number of nitrogens with zero attached hydrogens (tertiary/aromatic N) is 2. The van der Waals surface area contributed by atoms with Gasteiger partial charge in [-0.15, -0.1) is 0 Å². The molecule has 0 bridgehead atoms. The monoisotopic (exact) mass is 403 g/mol. The molecule has 4 amide bonds. The zero-order valence-corrected chi connectivity index (χ0v) is 16.8. The van der Waals surface area contributed by atoms with Gasteiger partial charge >= 0.3 is 6.03 Å². The molecule has 0 aromatic heterocycles. The molecule has 0 saturated carbocycles. The third-order valence-electron chi connectivity index (χ3n) is 6.54. The second kappa shape index (κ2) is 7.59. The van der Waals surface area contributed by atoms with E-state index in [9.17, 15) is 14.4 Å². The molecule has 0 spiro atoms. The normalized spacial score (nSPS) is 22.4. The van der Waals surface area contributed by atoms with Crippen LogP contribution in [0.1, 0.15) is 47.6 Å². The summed E-state index contributed by atoms with van der Waals surface area (Å²) >= 11 is 0. The van der Waals surface area contributed by atoms with Gasteiger partial charge in [-0.1, -0.05) is 48.5 Å². The first-order chi connectivity index (χ1) is 14.6. The number of urea groups is 1. The summed E-state index contributed by atoms with van der Waals surface area (Å²) in [6.07, 6.45) is 3.67. The Morgan fingerprint density at radius 1 is 1.00 bits per heavy atom. The molecule has 1 aliphatic carbocycles. The van der Waals surface area contributed by atoms with Gasteiger partial charge in [-0.05, 0) is 41.5 Å². The van der Waals surface area contributed by atoms with Gasteiger partial charge in [0.25, 0.3) is 5.91 Å². The average molecular weight is 403 g/mol. The molecule has 6 nitrogen and oxygen atoms in total. The minimum Gasteiger partial charge on any atom is -0.349 e. The van der Waals surface area contributed by atoms with E-state index < -0.39 is 6.04 Å². The number of hydrogen-bond donors (Lipinski definition) is 1. The van der Waals surface area contributed by atoms with Crippen molar-refractivity contribution in [2.45, 2.75) is 50.7 Å². The minimum atomic E-state index is -0.444. The molecule has 2 aromatic rings. The van der Waals surface area contributed by atoms with Gasteiger partial charge in [-0.25, -0.2) is 4.79 Å². The Kier molecular flexibility index (Phi) is 4.77. The topological polar surface area (TPSA) is 69.7 Å². The average Bonchev–Trinajstić information content (AvgIpc) is 3.00. The van der Waals surface area contributed by atoms with Crippen LogP contribution in [0.3, 0.4) is 0 Å². The number of amides is 4. The molecule has 0 radical (unpaired) electrons. The molecule has 2 aromatic carbocycles.